The molecule has 0 aliphatic rings. The van der Waals surface area contributed by atoms with Gasteiger partial charge in [0, 0.05) is 17.1 Å². The van der Waals surface area contributed by atoms with Crippen LogP contribution >= 0.6 is 27.3 Å². The third-order valence-corrected chi connectivity index (χ3v) is 7.44. The molecule has 0 atom stereocenters. The number of anilines is 1. The molecule has 0 radical (unpaired) electrons. The highest BCUT2D eigenvalue weighted by atomic mass is 79.9. The topological polar surface area (TPSA) is 76.3 Å². The van der Waals surface area contributed by atoms with E-state index in [1.54, 1.807) is 35.7 Å². The number of para-hydroxylation sites is 1. The molecule has 0 bridgehead atoms. The predicted octanol–water partition coefficient (Wildman–Crippen LogP) is 5.05. The zero-order valence-electron chi connectivity index (χ0n) is 14.6. The summed E-state index contributed by atoms with van der Waals surface area (Å²) in [5.74, 6) is 0.564. The summed E-state index contributed by atoms with van der Waals surface area (Å²) in [5.41, 5.74) is 1.34. The quantitative estimate of drug-likeness (QED) is 0.403. The molecule has 0 saturated heterocycles. The Balaban J connectivity index is 1.72. The van der Waals surface area contributed by atoms with Gasteiger partial charge in [0.15, 0.2) is 0 Å². The van der Waals surface area contributed by atoms with Crippen LogP contribution in [0.4, 0.5) is 5.69 Å². The van der Waals surface area contributed by atoms with Crippen molar-refractivity contribution in [2.24, 2.45) is 0 Å². The van der Waals surface area contributed by atoms with E-state index in [0.717, 1.165) is 10.0 Å². The number of hydrogen-bond donors (Lipinski definition) is 0. The van der Waals surface area contributed by atoms with Crippen molar-refractivity contribution in [3.8, 4) is 22.2 Å². The van der Waals surface area contributed by atoms with Crippen LogP contribution in [-0.4, -0.2) is 25.6 Å². The van der Waals surface area contributed by atoms with E-state index in [9.17, 15) is 8.42 Å². The summed E-state index contributed by atoms with van der Waals surface area (Å²) in [6, 6.07) is 17.9. The van der Waals surface area contributed by atoms with Gasteiger partial charge in [-0.05, 0) is 35.7 Å². The van der Waals surface area contributed by atoms with E-state index < -0.39 is 10.0 Å². The lowest BCUT2D eigenvalue weighted by molar-refractivity contribution is 0.432. The van der Waals surface area contributed by atoms with E-state index in [-0.39, 0.29) is 10.8 Å². The molecule has 9 heteroatoms. The summed E-state index contributed by atoms with van der Waals surface area (Å²) < 4.78 is 33.8. The largest absolute Gasteiger partial charge is 0.333 e. The molecule has 28 heavy (non-hydrogen) atoms. The van der Waals surface area contributed by atoms with Gasteiger partial charge in [0.05, 0.1) is 5.69 Å². The molecule has 4 aromatic rings. The highest BCUT2D eigenvalue weighted by Gasteiger charge is 2.28. The monoisotopic (exact) mass is 475 g/mol. The molecule has 2 heterocycles. The molecule has 0 amide bonds. The third kappa shape index (κ3) is 3.48. The number of hydrogen-bond acceptors (Lipinski definition) is 6. The molecule has 0 saturated carbocycles. The molecule has 0 fully saturated rings. The molecule has 2 aromatic carbocycles. The normalized spacial score (nSPS) is 11.5. The number of nitrogens with zero attached hydrogens (tertiary/aromatic N) is 3. The average molecular weight is 476 g/mol. The molecule has 2 aromatic heterocycles. The van der Waals surface area contributed by atoms with Crippen molar-refractivity contribution in [1.29, 1.82) is 0 Å². The van der Waals surface area contributed by atoms with Gasteiger partial charge < -0.3 is 4.52 Å². The number of thiophene rings is 1. The molecular weight excluding hydrogens is 462 g/mol. The van der Waals surface area contributed by atoms with Crippen molar-refractivity contribution in [3.63, 3.8) is 0 Å². The van der Waals surface area contributed by atoms with Crippen LogP contribution in [0, 0.1) is 0 Å². The summed E-state index contributed by atoms with van der Waals surface area (Å²) in [5, 5.41) is 5.70. The highest BCUT2D eigenvalue weighted by Crippen LogP contribution is 2.35. The second kappa shape index (κ2) is 7.50. The summed E-state index contributed by atoms with van der Waals surface area (Å²) in [6.07, 6.45) is 0. The predicted molar refractivity (Wildman–Crippen MR) is 113 cm³/mol. The Labute approximate surface area is 174 Å². The minimum absolute atomic E-state index is 0.133. The van der Waals surface area contributed by atoms with Crippen LogP contribution in [0.5, 0.6) is 0 Å². The van der Waals surface area contributed by atoms with Gasteiger partial charge in [0.2, 0.25) is 5.82 Å². The van der Waals surface area contributed by atoms with E-state index in [1.165, 1.54) is 22.7 Å². The fourth-order valence-corrected chi connectivity index (χ4v) is 5.55. The van der Waals surface area contributed by atoms with Gasteiger partial charge in [0.1, 0.15) is 9.77 Å². The summed E-state index contributed by atoms with van der Waals surface area (Å²) >= 11 is 4.65. The number of benzene rings is 2. The fraction of sp³-hybridized carbons (Fsp3) is 0.0526. The summed E-state index contributed by atoms with van der Waals surface area (Å²) in [6.45, 7) is 0. The number of rotatable bonds is 5. The number of aromatic nitrogens is 2. The zero-order valence-corrected chi connectivity index (χ0v) is 17.8. The molecule has 0 N–H and O–H groups in total. The van der Waals surface area contributed by atoms with Crippen LogP contribution in [0.3, 0.4) is 0 Å². The van der Waals surface area contributed by atoms with Gasteiger partial charge in [-0.1, -0.05) is 51.4 Å². The van der Waals surface area contributed by atoms with Crippen molar-refractivity contribution in [1.82, 2.24) is 10.1 Å². The molecule has 0 aliphatic carbocycles. The van der Waals surface area contributed by atoms with Crippen molar-refractivity contribution < 1.29 is 12.9 Å². The maximum atomic E-state index is 13.1. The Kier molecular flexibility index (Phi) is 5.05. The van der Waals surface area contributed by atoms with Gasteiger partial charge in [-0.15, -0.1) is 11.3 Å². The first-order valence-corrected chi connectivity index (χ1v) is 11.3. The molecule has 4 rings (SSSR count). The Hall–Kier alpha value is -2.49. The number of sulfonamides is 1. The lowest BCUT2D eigenvalue weighted by Crippen LogP contribution is -2.26. The van der Waals surface area contributed by atoms with Gasteiger partial charge in [0.25, 0.3) is 15.9 Å². The Morgan fingerprint density at radius 3 is 2.61 bits per heavy atom. The van der Waals surface area contributed by atoms with Crippen molar-refractivity contribution in [2.45, 2.75) is 4.90 Å². The van der Waals surface area contributed by atoms with E-state index in [0.29, 0.717) is 16.4 Å². The molecule has 6 nitrogen and oxygen atoms in total. The Morgan fingerprint density at radius 2 is 1.86 bits per heavy atom. The SMILES string of the molecule is CN(c1ccccc1)S(=O)(=O)c1ccsc1-c1nc(-c2cccc(Br)c2)no1. The van der Waals surface area contributed by atoms with E-state index in [4.69, 9.17) is 4.52 Å². The van der Waals surface area contributed by atoms with Crippen LogP contribution < -0.4 is 4.31 Å². The van der Waals surface area contributed by atoms with Crippen LogP contribution in [-0.2, 0) is 10.0 Å². The third-order valence-electron chi connectivity index (χ3n) is 4.09. The van der Waals surface area contributed by atoms with Crippen molar-refractivity contribution >= 4 is 43.0 Å². The lowest BCUT2D eigenvalue weighted by atomic mass is 10.2. The second-order valence-electron chi connectivity index (χ2n) is 5.86. The van der Waals surface area contributed by atoms with Gasteiger partial charge >= 0.3 is 0 Å². The summed E-state index contributed by atoms with van der Waals surface area (Å²) in [4.78, 5) is 4.95. The smallest absolute Gasteiger partial charge is 0.269 e. The first-order chi connectivity index (χ1) is 13.5. The average Bonchev–Trinajstić information content (AvgIpc) is 3.37. The second-order valence-corrected chi connectivity index (χ2v) is 9.63. The first kappa shape index (κ1) is 18.9. The van der Waals surface area contributed by atoms with E-state index >= 15 is 0 Å². The maximum absolute atomic E-state index is 13.1. The molecule has 142 valence electrons. The Morgan fingerprint density at radius 1 is 1.07 bits per heavy atom. The standard InChI is InChI=1S/C19H14BrN3O3S2/c1-23(15-8-3-2-4-9-15)28(24,25)16-10-11-27-17(16)19-21-18(22-26-19)13-6-5-7-14(20)12-13/h2-12H,1H3. The van der Waals surface area contributed by atoms with Gasteiger partial charge in [-0.2, -0.15) is 4.98 Å². The van der Waals surface area contributed by atoms with Crippen LogP contribution in [0.2, 0.25) is 0 Å². The van der Waals surface area contributed by atoms with Crippen molar-refractivity contribution in [2.75, 3.05) is 11.4 Å². The van der Waals surface area contributed by atoms with Gasteiger partial charge in [-0.3, -0.25) is 4.31 Å². The molecule has 0 aliphatic heterocycles. The molecule has 0 unspecified atom stereocenters. The Bertz CT molecular complexity index is 1220. The highest BCUT2D eigenvalue weighted by molar-refractivity contribution is 9.10. The van der Waals surface area contributed by atoms with E-state index in [2.05, 4.69) is 26.1 Å². The van der Waals surface area contributed by atoms with Crippen molar-refractivity contribution in [3.05, 3.63) is 70.5 Å². The van der Waals surface area contributed by atoms with Gasteiger partial charge in [-0.25, -0.2) is 8.42 Å². The fourth-order valence-electron chi connectivity index (χ4n) is 2.64. The van der Waals surface area contributed by atoms with Crippen LogP contribution in [0.1, 0.15) is 0 Å². The molecule has 0 spiro atoms. The molecular formula is C19H14BrN3O3S2. The van der Waals surface area contributed by atoms with Crippen LogP contribution in [0.25, 0.3) is 22.2 Å². The summed E-state index contributed by atoms with van der Waals surface area (Å²) in [7, 11) is -2.26. The first-order valence-electron chi connectivity index (χ1n) is 8.18. The minimum Gasteiger partial charge on any atom is -0.333 e. The van der Waals surface area contributed by atoms with Crippen LogP contribution in [0.15, 0.2) is 79.9 Å². The minimum atomic E-state index is -3.78. The van der Waals surface area contributed by atoms with E-state index in [1.807, 2.05) is 30.3 Å². The zero-order chi connectivity index (χ0) is 19.7. The maximum Gasteiger partial charge on any atom is 0.269 e. The lowest BCUT2D eigenvalue weighted by Gasteiger charge is -2.19. The number of halogens is 1.